The minimum atomic E-state index is -0.453. The molecule has 0 atom stereocenters. The molecule has 35 heavy (non-hydrogen) atoms. The number of aromatic nitrogens is 2. The number of anilines is 3. The van der Waals surface area contributed by atoms with Crippen LogP contribution in [0.25, 0.3) is 0 Å². The average Bonchev–Trinajstić information content (AvgIpc) is 3.30. The summed E-state index contributed by atoms with van der Waals surface area (Å²) in [5.74, 6) is 1.10. The second-order valence-electron chi connectivity index (χ2n) is 9.37. The van der Waals surface area contributed by atoms with Gasteiger partial charge in [-0.1, -0.05) is 32.0 Å². The lowest BCUT2D eigenvalue weighted by Gasteiger charge is -2.23. The molecule has 0 aliphatic carbocycles. The van der Waals surface area contributed by atoms with Crippen molar-refractivity contribution >= 4 is 29.1 Å². The molecule has 10 nitrogen and oxygen atoms in total. The molecule has 3 amide bonds. The predicted octanol–water partition coefficient (Wildman–Crippen LogP) is 4.39. The summed E-state index contributed by atoms with van der Waals surface area (Å²) in [7, 11) is 0. The first-order valence-electron chi connectivity index (χ1n) is 11.6. The minimum Gasteiger partial charge on any atom is -0.474 e. The van der Waals surface area contributed by atoms with E-state index < -0.39 is 6.03 Å². The Morgan fingerprint density at radius 1 is 1.00 bits per heavy atom. The molecule has 4 N–H and O–H groups in total. The van der Waals surface area contributed by atoms with E-state index >= 15 is 0 Å². The van der Waals surface area contributed by atoms with Gasteiger partial charge in [0.2, 0.25) is 5.88 Å². The number of benzene rings is 1. The van der Waals surface area contributed by atoms with E-state index in [0.717, 1.165) is 25.9 Å². The maximum atomic E-state index is 12.7. The van der Waals surface area contributed by atoms with E-state index in [9.17, 15) is 9.59 Å². The Hall–Kier alpha value is -3.92. The highest BCUT2D eigenvalue weighted by Gasteiger charge is 2.20. The maximum Gasteiger partial charge on any atom is 0.324 e. The third-order valence-electron chi connectivity index (χ3n) is 5.42. The Balaban J connectivity index is 1.30. The smallest absolute Gasteiger partial charge is 0.324 e. The van der Waals surface area contributed by atoms with E-state index in [4.69, 9.17) is 9.26 Å². The number of ether oxygens (including phenoxy) is 1. The second-order valence-corrected chi connectivity index (χ2v) is 9.37. The van der Waals surface area contributed by atoms with Gasteiger partial charge in [0, 0.05) is 28.9 Å². The van der Waals surface area contributed by atoms with Crippen LogP contribution in [0.5, 0.6) is 5.88 Å². The first-order valence-corrected chi connectivity index (χ1v) is 11.6. The molecule has 0 bridgehead atoms. The molecule has 3 aromatic rings. The predicted molar refractivity (Wildman–Crippen MR) is 133 cm³/mol. The summed E-state index contributed by atoms with van der Waals surface area (Å²) in [6, 6.07) is 13.1. The van der Waals surface area contributed by atoms with Crippen LogP contribution in [0.3, 0.4) is 0 Å². The first kappa shape index (κ1) is 24.2. The molecule has 10 heteroatoms. The lowest BCUT2D eigenvalue weighted by molar-refractivity contribution is 0.101. The fourth-order valence-corrected chi connectivity index (χ4v) is 3.49. The number of pyridine rings is 1. The average molecular weight is 479 g/mol. The van der Waals surface area contributed by atoms with Crippen molar-refractivity contribution in [1.29, 1.82) is 0 Å². The molecule has 0 unspecified atom stereocenters. The summed E-state index contributed by atoms with van der Waals surface area (Å²) in [6.07, 6.45) is 1.92. The quantitative estimate of drug-likeness (QED) is 0.413. The SMILES string of the molecule is CC(C)(C)c1cc(NC(=O)Nc2ccc(NC(=O)c3cccc(OC4CCNCC4)n3)cc2)no1. The zero-order chi connectivity index (χ0) is 24.8. The number of nitrogens with zero attached hydrogens (tertiary/aromatic N) is 2. The molecule has 1 aliphatic heterocycles. The van der Waals surface area contributed by atoms with Crippen LogP contribution < -0.4 is 26.0 Å². The van der Waals surface area contributed by atoms with Crippen LogP contribution in [0.4, 0.5) is 22.0 Å². The van der Waals surface area contributed by atoms with E-state index in [1.54, 1.807) is 48.5 Å². The maximum absolute atomic E-state index is 12.7. The topological polar surface area (TPSA) is 130 Å². The number of carbonyl (C=O) groups is 2. The van der Waals surface area contributed by atoms with Crippen molar-refractivity contribution in [3.8, 4) is 5.88 Å². The molecular weight excluding hydrogens is 448 g/mol. The van der Waals surface area contributed by atoms with Gasteiger partial charge in [-0.15, -0.1) is 0 Å². The third kappa shape index (κ3) is 6.80. The number of rotatable bonds is 6. The van der Waals surface area contributed by atoms with E-state index in [1.165, 1.54) is 0 Å². The summed E-state index contributed by atoms with van der Waals surface area (Å²) >= 11 is 0. The number of nitrogens with one attached hydrogen (secondary N) is 4. The van der Waals surface area contributed by atoms with Gasteiger partial charge in [-0.2, -0.15) is 0 Å². The minimum absolute atomic E-state index is 0.101. The zero-order valence-corrected chi connectivity index (χ0v) is 20.1. The Kier molecular flexibility index (Phi) is 7.31. The largest absolute Gasteiger partial charge is 0.474 e. The van der Waals surface area contributed by atoms with Gasteiger partial charge in [0.05, 0.1) is 0 Å². The molecule has 0 radical (unpaired) electrons. The van der Waals surface area contributed by atoms with E-state index in [0.29, 0.717) is 28.8 Å². The van der Waals surface area contributed by atoms with Crippen molar-refractivity contribution in [2.75, 3.05) is 29.0 Å². The van der Waals surface area contributed by atoms with Crippen LogP contribution in [0, 0.1) is 0 Å². The molecule has 3 heterocycles. The van der Waals surface area contributed by atoms with Crippen molar-refractivity contribution in [3.05, 3.63) is 60.0 Å². The normalized spacial score (nSPS) is 14.3. The molecule has 0 saturated carbocycles. The summed E-state index contributed by atoms with van der Waals surface area (Å²) < 4.78 is 11.2. The van der Waals surface area contributed by atoms with Gasteiger partial charge in [0.25, 0.3) is 5.91 Å². The summed E-state index contributed by atoms with van der Waals surface area (Å²) in [6.45, 7) is 7.81. The molecule has 1 aromatic carbocycles. The highest BCUT2D eigenvalue weighted by atomic mass is 16.5. The fraction of sp³-hybridized carbons (Fsp3) is 0.360. The summed E-state index contributed by atoms with van der Waals surface area (Å²) in [5.41, 5.74) is 1.18. The molecule has 1 fully saturated rings. The van der Waals surface area contributed by atoms with Crippen LogP contribution in [0.15, 0.2) is 53.1 Å². The highest BCUT2D eigenvalue weighted by molar-refractivity contribution is 6.03. The van der Waals surface area contributed by atoms with Crippen molar-refractivity contribution in [2.45, 2.75) is 45.1 Å². The van der Waals surface area contributed by atoms with E-state index in [-0.39, 0.29) is 23.1 Å². The molecular formula is C25H30N6O4. The number of carbonyl (C=O) groups excluding carboxylic acids is 2. The molecule has 0 spiro atoms. The number of hydrogen-bond acceptors (Lipinski definition) is 7. The molecule has 1 aliphatic rings. The molecule has 4 rings (SSSR count). The number of urea groups is 1. The number of piperidine rings is 1. The Morgan fingerprint density at radius 2 is 1.69 bits per heavy atom. The fourth-order valence-electron chi connectivity index (χ4n) is 3.49. The standard InChI is InChI=1S/C25H30N6O4/c1-25(2,3)20-15-21(31-35-20)30-24(33)28-17-9-7-16(8-10-17)27-23(32)19-5-4-6-22(29-19)34-18-11-13-26-14-12-18/h4-10,15,18,26H,11-14H2,1-3H3,(H,27,32)(H2,28,30,31,33). The second kappa shape index (κ2) is 10.6. The molecule has 2 aromatic heterocycles. The highest BCUT2D eigenvalue weighted by Crippen LogP contribution is 2.24. The van der Waals surface area contributed by atoms with Crippen molar-refractivity contribution in [3.63, 3.8) is 0 Å². The van der Waals surface area contributed by atoms with Gasteiger partial charge in [-0.3, -0.25) is 10.1 Å². The van der Waals surface area contributed by atoms with Gasteiger partial charge in [0.1, 0.15) is 17.6 Å². The lowest BCUT2D eigenvalue weighted by atomic mass is 9.93. The van der Waals surface area contributed by atoms with E-state index in [1.807, 2.05) is 20.8 Å². The van der Waals surface area contributed by atoms with Gasteiger partial charge in [0.15, 0.2) is 5.82 Å². The number of hydrogen-bond donors (Lipinski definition) is 4. The van der Waals surface area contributed by atoms with Crippen LogP contribution in [-0.4, -0.2) is 41.3 Å². The Morgan fingerprint density at radius 3 is 2.34 bits per heavy atom. The lowest BCUT2D eigenvalue weighted by Crippen LogP contribution is -2.34. The van der Waals surface area contributed by atoms with Crippen LogP contribution in [0.1, 0.15) is 49.9 Å². The monoisotopic (exact) mass is 478 g/mol. The van der Waals surface area contributed by atoms with Gasteiger partial charge < -0.3 is 25.2 Å². The summed E-state index contributed by atoms with van der Waals surface area (Å²) in [4.78, 5) is 29.3. The van der Waals surface area contributed by atoms with Crippen LogP contribution >= 0.6 is 0 Å². The van der Waals surface area contributed by atoms with E-state index in [2.05, 4.69) is 31.4 Å². The van der Waals surface area contributed by atoms with Gasteiger partial charge in [-0.05, 0) is 56.3 Å². The summed E-state index contributed by atoms with van der Waals surface area (Å²) in [5, 5.41) is 15.3. The van der Waals surface area contributed by atoms with Crippen LogP contribution in [0.2, 0.25) is 0 Å². The zero-order valence-electron chi connectivity index (χ0n) is 20.1. The number of amides is 3. The van der Waals surface area contributed by atoms with Crippen LogP contribution in [-0.2, 0) is 5.41 Å². The van der Waals surface area contributed by atoms with Gasteiger partial charge >= 0.3 is 6.03 Å². The van der Waals surface area contributed by atoms with Crippen molar-refractivity contribution in [1.82, 2.24) is 15.5 Å². The molecule has 1 saturated heterocycles. The Bertz CT molecular complexity index is 1160. The van der Waals surface area contributed by atoms with Crippen molar-refractivity contribution < 1.29 is 18.8 Å². The Labute approximate surface area is 203 Å². The third-order valence-corrected chi connectivity index (χ3v) is 5.42. The van der Waals surface area contributed by atoms with Crippen molar-refractivity contribution in [2.24, 2.45) is 0 Å². The molecule has 184 valence electrons. The van der Waals surface area contributed by atoms with Gasteiger partial charge in [-0.25, -0.2) is 9.78 Å². The first-order chi connectivity index (χ1) is 16.8.